The molecule has 0 radical (unpaired) electrons. The maximum atomic E-state index is 12.0. The summed E-state index contributed by atoms with van der Waals surface area (Å²) in [6, 6.07) is 9.11. The molecule has 2 heterocycles. The molecule has 0 saturated carbocycles. The molecule has 2 N–H and O–H groups in total. The average Bonchev–Trinajstić information content (AvgIpc) is 3.28. The van der Waals surface area contributed by atoms with Gasteiger partial charge in [-0.15, -0.1) is 0 Å². The zero-order chi connectivity index (χ0) is 17.6. The van der Waals surface area contributed by atoms with Crippen LogP contribution in [0.25, 0.3) is 0 Å². The monoisotopic (exact) mass is 338 g/mol. The molecule has 25 heavy (non-hydrogen) atoms. The third-order valence-corrected chi connectivity index (χ3v) is 3.54. The van der Waals surface area contributed by atoms with Crippen molar-refractivity contribution in [3.63, 3.8) is 0 Å². The van der Waals surface area contributed by atoms with Crippen LogP contribution in [-0.2, 0) is 22.7 Å². The first-order chi connectivity index (χ1) is 12.1. The maximum Gasteiger partial charge on any atom is 0.314 e. The first kappa shape index (κ1) is 16.4. The quantitative estimate of drug-likeness (QED) is 0.693. The summed E-state index contributed by atoms with van der Waals surface area (Å²) in [7, 11) is 0. The van der Waals surface area contributed by atoms with E-state index in [0.29, 0.717) is 24.5 Å². The molecule has 0 unspecified atom stereocenters. The molecular weight excluding hydrogens is 320 g/mol. The highest BCUT2D eigenvalue weighted by molar-refractivity contribution is 6.43. The van der Waals surface area contributed by atoms with Gasteiger partial charge in [0.25, 0.3) is 0 Å². The zero-order valence-corrected chi connectivity index (χ0v) is 13.7. The van der Waals surface area contributed by atoms with Crippen molar-refractivity contribution in [2.45, 2.75) is 20.0 Å². The molecule has 0 saturated heterocycles. The Morgan fingerprint density at radius 3 is 2.32 bits per heavy atom. The minimum absolute atomic E-state index is 0.483. The van der Waals surface area contributed by atoms with Crippen LogP contribution in [0, 0.1) is 0 Å². The molecule has 2 amide bonds. The van der Waals surface area contributed by atoms with Crippen LogP contribution in [0.1, 0.15) is 12.5 Å². The number of benzene rings is 1. The van der Waals surface area contributed by atoms with E-state index < -0.39 is 11.8 Å². The van der Waals surface area contributed by atoms with E-state index in [0.717, 1.165) is 5.56 Å². The van der Waals surface area contributed by atoms with E-state index in [-0.39, 0.29) is 0 Å². The number of nitrogens with one attached hydrogen (secondary N) is 2. The highest BCUT2D eigenvalue weighted by Gasteiger charge is 2.14. The van der Waals surface area contributed by atoms with Crippen molar-refractivity contribution < 1.29 is 9.59 Å². The second kappa shape index (κ2) is 7.43. The van der Waals surface area contributed by atoms with Crippen molar-refractivity contribution >= 4 is 23.2 Å². The van der Waals surface area contributed by atoms with E-state index >= 15 is 0 Å². The van der Waals surface area contributed by atoms with Gasteiger partial charge in [-0.1, -0.05) is 12.1 Å². The van der Waals surface area contributed by atoms with Crippen LogP contribution >= 0.6 is 0 Å². The number of anilines is 2. The number of nitrogens with zero attached hydrogens (tertiary/aromatic N) is 4. The Kier molecular flexibility index (Phi) is 4.89. The van der Waals surface area contributed by atoms with Gasteiger partial charge in [0, 0.05) is 30.8 Å². The Hall–Kier alpha value is -3.42. The molecule has 3 rings (SSSR count). The molecule has 0 fully saturated rings. The van der Waals surface area contributed by atoms with Crippen LogP contribution in [0.15, 0.2) is 55.1 Å². The van der Waals surface area contributed by atoms with Crippen LogP contribution < -0.4 is 10.6 Å². The smallest absolute Gasteiger partial charge is 0.314 e. The van der Waals surface area contributed by atoms with Crippen molar-refractivity contribution in [3.05, 3.63) is 60.7 Å². The van der Waals surface area contributed by atoms with Gasteiger partial charge >= 0.3 is 11.8 Å². The average molecular weight is 338 g/mol. The van der Waals surface area contributed by atoms with Gasteiger partial charge in [-0.2, -0.15) is 10.2 Å². The molecule has 0 atom stereocenters. The highest BCUT2D eigenvalue weighted by atomic mass is 16.2. The minimum atomic E-state index is -0.740. The van der Waals surface area contributed by atoms with Gasteiger partial charge in [0.15, 0.2) is 0 Å². The summed E-state index contributed by atoms with van der Waals surface area (Å²) in [6.45, 7) is 3.26. The molecule has 3 aromatic rings. The van der Waals surface area contributed by atoms with Crippen molar-refractivity contribution in [1.82, 2.24) is 19.6 Å². The summed E-state index contributed by atoms with van der Waals surface area (Å²) >= 11 is 0. The molecule has 0 bridgehead atoms. The number of rotatable bonds is 5. The van der Waals surface area contributed by atoms with Crippen LogP contribution in [0.2, 0.25) is 0 Å². The number of aryl methyl sites for hydroxylation is 1. The first-order valence-corrected chi connectivity index (χ1v) is 7.85. The van der Waals surface area contributed by atoms with E-state index in [1.54, 1.807) is 33.9 Å². The third-order valence-electron chi connectivity index (χ3n) is 3.54. The lowest BCUT2D eigenvalue weighted by molar-refractivity contribution is -0.132. The molecule has 1 aromatic carbocycles. The molecule has 0 aliphatic carbocycles. The fourth-order valence-corrected chi connectivity index (χ4v) is 2.25. The molecule has 0 spiro atoms. The van der Waals surface area contributed by atoms with Crippen LogP contribution in [0.3, 0.4) is 0 Å². The Morgan fingerprint density at radius 1 is 1.00 bits per heavy atom. The third kappa shape index (κ3) is 4.31. The van der Waals surface area contributed by atoms with Crippen molar-refractivity contribution in [1.29, 1.82) is 0 Å². The van der Waals surface area contributed by atoms with Crippen LogP contribution in [-0.4, -0.2) is 31.4 Å². The number of amides is 2. The predicted octanol–water partition coefficient (Wildman–Crippen LogP) is 1.72. The van der Waals surface area contributed by atoms with E-state index in [1.807, 2.05) is 31.3 Å². The molecule has 8 heteroatoms. The van der Waals surface area contributed by atoms with Gasteiger partial charge in [-0.25, -0.2) is 0 Å². The van der Waals surface area contributed by atoms with Gasteiger partial charge in [0.1, 0.15) is 0 Å². The highest BCUT2D eigenvalue weighted by Crippen LogP contribution is 2.11. The lowest BCUT2D eigenvalue weighted by Gasteiger charge is -2.07. The molecule has 0 aliphatic rings. The molecule has 8 nitrogen and oxygen atoms in total. The Labute approximate surface area is 144 Å². The first-order valence-electron chi connectivity index (χ1n) is 7.85. The van der Waals surface area contributed by atoms with Gasteiger partial charge in [-0.05, 0) is 30.7 Å². The van der Waals surface area contributed by atoms with Crippen LogP contribution in [0.4, 0.5) is 11.4 Å². The number of hydrogen-bond donors (Lipinski definition) is 2. The standard InChI is InChI=1S/C17H18N6O2/c1-2-22-12-15(10-19-22)21-17(25)16(24)20-14-6-4-13(5-7-14)11-23-9-3-8-18-23/h3-10,12H,2,11H2,1H3,(H,20,24)(H,21,25). The molecule has 0 aliphatic heterocycles. The SMILES string of the molecule is CCn1cc(NC(=O)C(=O)Nc2ccc(Cn3cccn3)cc2)cn1. The van der Waals surface area contributed by atoms with Crippen molar-refractivity contribution in [3.8, 4) is 0 Å². The summed E-state index contributed by atoms with van der Waals surface area (Å²) < 4.78 is 3.46. The molecule has 128 valence electrons. The summed E-state index contributed by atoms with van der Waals surface area (Å²) in [6.07, 6.45) is 6.76. The largest absolute Gasteiger partial charge is 0.318 e. The predicted molar refractivity (Wildman–Crippen MR) is 92.9 cm³/mol. The second-order valence-electron chi connectivity index (χ2n) is 5.39. The van der Waals surface area contributed by atoms with Gasteiger partial charge in [-0.3, -0.25) is 19.0 Å². The number of carbonyl (C=O) groups excluding carboxylic acids is 2. The fraction of sp³-hybridized carbons (Fsp3) is 0.176. The second-order valence-corrected chi connectivity index (χ2v) is 5.39. The molecule has 2 aromatic heterocycles. The summed E-state index contributed by atoms with van der Waals surface area (Å²) in [5.41, 5.74) is 2.07. The van der Waals surface area contributed by atoms with Gasteiger partial charge in [0.2, 0.25) is 0 Å². The fourth-order valence-electron chi connectivity index (χ4n) is 2.25. The minimum Gasteiger partial charge on any atom is -0.318 e. The maximum absolute atomic E-state index is 12.0. The van der Waals surface area contributed by atoms with Gasteiger partial charge in [0.05, 0.1) is 18.4 Å². The molecular formula is C17H18N6O2. The van der Waals surface area contributed by atoms with E-state index in [9.17, 15) is 9.59 Å². The van der Waals surface area contributed by atoms with E-state index in [1.165, 1.54) is 6.20 Å². The Bertz CT molecular complexity index is 852. The Balaban J connectivity index is 1.55. The summed E-state index contributed by atoms with van der Waals surface area (Å²) in [4.78, 5) is 23.9. The lowest BCUT2D eigenvalue weighted by Crippen LogP contribution is -2.28. The number of carbonyl (C=O) groups is 2. The van der Waals surface area contributed by atoms with Crippen molar-refractivity contribution in [2.75, 3.05) is 10.6 Å². The van der Waals surface area contributed by atoms with E-state index in [4.69, 9.17) is 0 Å². The Morgan fingerprint density at radius 2 is 1.72 bits per heavy atom. The van der Waals surface area contributed by atoms with Gasteiger partial charge < -0.3 is 10.6 Å². The normalized spacial score (nSPS) is 10.4. The topological polar surface area (TPSA) is 93.8 Å². The lowest BCUT2D eigenvalue weighted by atomic mass is 10.2. The van der Waals surface area contributed by atoms with Crippen LogP contribution in [0.5, 0.6) is 0 Å². The summed E-state index contributed by atoms with van der Waals surface area (Å²) in [5.74, 6) is -1.47. The number of aromatic nitrogens is 4. The zero-order valence-electron chi connectivity index (χ0n) is 13.7. The van der Waals surface area contributed by atoms with Crippen molar-refractivity contribution in [2.24, 2.45) is 0 Å². The van der Waals surface area contributed by atoms with E-state index in [2.05, 4.69) is 20.8 Å². The number of hydrogen-bond acceptors (Lipinski definition) is 4. The summed E-state index contributed by atoms with van der Waals surface area (Å²) in [5, 5.41) is 13.3.